The van der Waals surface area contributed by atoms with Crippen LogP contribution in [0.15, 0.2) is 54.7 Å². The van der Waals surface area contributed by atoms with Crippen LogP contribution in [-0.2, 0) is 11.3 Å². The monoisotopic (exact) mass is 457 g/mol. The summed E-state index contributed by atoms with van der Waals surface area (Å²) in [5.41, 5.74) is 8.33. The van der Waals surface area contributed by atoms with Gasteiger partial charge in [-0.2, -0.15) is 0 Å². The molecule has 1 aromatic carbocycles. The van der Waals surface area contributed by atoms with Gasteiger partial charge in [0, 0.05) is 43.1 Å². The number of carbonyl (C=O) groups is 2. The maximum absolute atomic E-state index is 13.1. The highest BCUT2D eigenvalue weighted by molar-refractivity contribution is 5.98. The summed E-state index contributed by atoms with van der Waals surface area (Å²) >= 11 is 0. The third-order valence-corrected chi connectivity index (χ3v) is 7.22. The van der Waals surface area contributed by atoms with E-state index >= 15 is 0 Å². The molecule has 176 valence electrons. The van der Waals surface area contributed by atoms with E-state index in [1.54, 1.807) is 6.20 Å². The molecule has 7 nitrogen and oxygen atoms in total. The first-order valence-corrected chi connectivity index (χ1v) is 12.2. The van der Waals surface area contributed by atoms with Crippen LogP contribution in [0.3, 0.4) is 0 Å². The van der Waals surface area contributed by atoms with Gasteiger partial charge in [0.1, 0.15) is 11.5 Å². The van der Waals surface area contributed by atoms with Crippen LogP contribution in [-0.4, -0.2) is 57.6 Å². The Balaban J connectivity index is 1.11. The number of ketones is 1. The fourth-order valence-electron chi connectivity index (χ4n) is 5.22. The van der Waals surface area contributed by atoms with Crippen LogP contribution >= 0.6 is 0 Å². The van der Waals surface area contributed by atoms with Gasteiger partial charge >= 0.3 is 0 Å². The number of fused-ring (bicyclic) bond motifs is 1. The van der Waals surface area contributed by atoms with Crippen LogP contribution in [0.5, 0.6) is 0 Å². The average Bonchev–Trinajstić information content (AvgIpc) is 2.88. The molecule has 0 saturated carbocycles. The summed E-state index contributed by atoms with van der Waals surface area (Å²) in [6.45, 7) is 3.95. The Morgan fingerprint density at radius 2 is 1.65 bits per heavy atom. The van der Waals surface area contributed by atoms with E-state index in [2.05, 4.69) is 14.9 Å². The number of carbonyl (C=O) groups excluding carboxylic acids is 2. The molecule has 1 amide bonds. The molecular formula is C27H31N5O2. The molecule has 0 radical (unpaired) electrons. The number of benzene rings is 1. The fourth-order valence-corrected chi connectivity index (χ4v) is 5.22. The zero-order valence-corrected chi connectivity index (χ0v) is 19.4. The van der Waals surface area contributed by atoms with Crippen molar-refractivity contribution >= 4 is 28.4 Å². The number of aromatic nitrogens is 2. The highest BCUT2D eigenvalue weighted by Crippen LogP contribution is 2.26. The van der Waals surface area contributed by atoms with E-state index in [4.69, 9.17) is 5.73 Å². The molecule has 0 spiro atoms. The summed E-state index contributed by atoms with van der Waals surface area (Å²) < 4.78 is 0. The highest BCUT2D eigenvalue weighted by atomic mass is 16.2. The summed E-state index contributed by atoms with van der Waals surface area (Å²) in [6.07, 6.45) is 4.91. The van der Waals surface area contributed by atoms with Gasteiger partial charge in [0.05, 0.1) is 5.52 Å². The Labute approximate surface area is 200 Å². The first kappa shape index (κ1) is 22.5. The van der Waals surface area contributed by atoms with Gasteiger partial charge in [-0.15, -0.1) is 0 Å². The van der Waals surface area contributed by atoms with Crippen molar-refractivity contribution in [1.82, 2.24) is 19.8 Å². The number of Topliss-reactive ketones (excluding diaryl/α,β-unsaturated/α-hetero) is 1. The molecular weight excluding hydrogens is 426 g/mol. The molecule has 3 aromatic rings. The second kappa shape index (κ2) is 9.89. The first-order chi connectivity index (χ1) is 16.6. The molecule has 2 aliphatic heterocycles. The zero-order chi connectivity index (χ0) is 23.5. The topological polar surface area (TPSA) is 92.4 Å². The largest absolute Gasteiger partial charge is 0.384 e. The van der Waals surface area contributed by atoms with Gasteiger partial charge in [-0.25, -0.2) is 9.97 Å². The predicted molar refractivity (Wildman–Crippen MR) is 132 cm³/mol. The number of nitrogen functional groups attached to an aromatic ring is 1. The number of nitrogens with zero attached hydrogens (tertiary/aromatic N) is 4. The molecule has 2 aliphatic rings. The summed E-state index contributed by atoms with van der Waals surface area (Å²) in [5, 5.41) is 1.04. The normalized spacial score (nSPS) is 18.3. The minimum absolute atomic E-state index is 0.0626. The number of para-hydroxylation sites is 1. The van der Waals surface area contributed by atoms with Crippen molar-refractivity contribution in [2.75, 3.05) is 31.9 Å². The van der Waals surface area contributed by atoms with E-state index in [0.29, 0.717) is 37.4 Å². The third-order valence-electron chi connectivity index (χ3n) is 7.22. The van der Waals surface area contributed by atoms with Gasteiger partial charge in [0.25, 0.3) is 0 Å². The number of pyridine rings is 2. The van der Waals surface area contributed by atoms with Crippen molar-refractivity contribution in [3.05, 3.63) is 66.0 Å². The van der Waals surface area contributed by atoms with Gasteiger partial charge in [0.2, 0.25) is 5.91 Å². The summed E-state index contributed by atoms with van der Waals surface area (Å²) in [5.74, 6) is 0.909. The van der Waals surface area contributed by atoms with Crippen molar-refractivity contribution in [2.45, 2.75) is 32.2 Å². The van der Waals surface area contributed by atoms with Crippen LogP contribution in [0.25, 0.3) is 10.9 Å². The lowest BCUT2D eigenvalue weighted by Crippen LogP contribution is -2.46. The fraction of sp³-hybridized carbons (Fsp3) is 0.407. The van der Waals surface area contributed by atoms with Crippen molar-refractivity contribution in [3.8, 4) is 0 Å². The minimum atomic E-state index is -0.0626. The predicted octanol–water partition coefficient (Wildman–Crippen LogP) is 3.55. The van der Waals surface area contributed by atoms with Gasteiger partial charge in [-0.3, -0.25) is 14.5 Å². The summed E-state index contributed by atoms with van der Waals surface area (Å²) in [6, 6.07) is 15.5. The van der Waals surface area contributed by atoms with E-state index < -0.39 is 0 Å². The lowest BCUT2D eigenvalue weighted by molar-refractivity contribution is -0.138. The second-order valence-electron chi connectivity index (χ2n) is 9.49. The summed E-state index contributed by atoms with van der Waals surface area (Å²) in [4.78, 5) is 39.2. The van der Waals surface area contributed by atoms with Crippen LogP contribution in [0.1, 0.15) is 41.7 Å². The molecule has 7 heteroatoms. The van der Waals surface area contributed by atoms with Crippen LogP contribution in [0, 0.1) is 11.8 Å². The number of hydrogen-bond donors (Lipinski definition) is 1. The molecule has 5 rings (SSSR count). The number of likely N-dealkylation sites (tertiary alicyclic amines) is 2. The lowest BCUT2D eigenvalue weighted by atomic mass is 9.88. The number of anilines is 1. The summed E-state index contributed by atoms with van der Waals surface area (Å²) in [7, 11) is 0. The maximum atomic E-state index is 13.1. The van der Waals surface area contributed by atoms with Gasteiger partial charge in [-0.05, 0) is 68.6 Å². The molecule has 0 unspecified atom stereocenters. The van der Waals surface area contributed by atoms with Crippen molar-refractivity contribution in [2.24, 2.45) is 11.8 Å². The van der Waals surface area contributed by atoms with E-state index in [0.717, 1.165) is 48.9 Å². The first-order valence-electron chi connectivity index (χ1n) is 12.2. The quantitative estimate of drug-likeness (QED) is 0.589. The Bertz CT molecular complexity index is 1180. The lowest BCUT2D eigenvalue weighted by Gasteiger charge is -2.37. The number of nitrogens with two attached hydrogens (primary N) is 1. The van der Waals surface area contributed by atoms with Gasteiger partial charge in [0.15, 0.2) is 5.78 Å². The van der Waals surface area contributed by atoms with Gasteiger partial charge in [-0.1, -0.05) is 24.3 Å². The van der Waals surface area contributed by atoms with Crippen LogP contribution in [0.4, 0.5) is 5.82 Å². The second-order valence-corrected chi connectivity index (χ2v) is 9.49. The SMILES string of the molecule is Nc1cc(CN2CCC(C(=O)N3CCC(C(=O)c4ccc5ccccc5n4)CC3)CC2)ccn1. The van der Waals surface area contributed by atoms with E-state index in [9.17, 15) is 9.59 Å². The Hall–Kier alpha value is -3.32. The number of amides is 1. The van der Waals surface area contributed by atoms with Crippen LogP contribution < -0.4 is 5.73 Å². The molecule has 0 aliphatic carbocycles. The highest BCUT2D eigenvalue weighted by Gasteiger charge is 2.33. The average molecular weight is 458 g/mol. The molecule has 4 heterocycles. The maximum Gasteiger partial charge on any atom is 0.225 e. The third kappa shape index (κ3) is 4.94. The molecule has 0 atom stereocenters. The van der Waals surface area contributed by atoms with Crippen molar-refractivity contribution < 1.29 is 9.59 Å². The number of piperidine rings is 2. The molecule has 0 bridgehead atoms. The van der Waals surface area contributed by atoms with Crippen molar-refractivity contribution in [1.29, 1.82) is 0 Å². The molecule has 2 N–H and O–H groups in total. The molecule has 2 aromatic heterocycles. The molecule has 2 saturated heterocycles. The van der Waals surface area contributed by atoms with E-state index in [1.165, 1.54) is 0 Å². The number of rotatable bonds is 5. The Morgan fingerprint density at radius 3 is 2.41 bits per heavy atom. The number of hydrogen-bond acceptors (Lipinski definition) is 6. The van der Waals surface area contributed by atoms with Crippen LogP contribution in [0.2, 0.25) is 0 Å². The molecule has 2 fully saturated rings. The standard InChI is InChI=1S/C27H31N5O2/c28-25-17-19(7-12-29-25)18-31-13-8-22(9-14-31)27(34)32-15-10-21(11-16-32)26(33)24-6-5-20-3-1-2-4-23(20)30-24/h1-7,12,17,21-22H,8-11,13-16,18H2,(H2,28,29). The van der Waals surface area contributed by atoms with E-state index in [-0.39, 0.29) is 23.5 Å². The Kier molecular flexibility index (Phi) is 6.54. The minimum Gasteiger partial charge on any atom is -0.384 e. The molecule has 34 heavy (non-hydrogen) atoms. The van der Waals surface area contributed by atoms with E-state index in [1.807, 2.05) is 53.4 Å². The van der Waals surface area contributed by atoms with Crippen molar-refractivity contribution in [3.63, 3.8) is 0 Å². The Morgan fingerprint density at radius 1 is 0.912 bits per heavy atom. The zero-order valence-electron chi connectivity index (χ0n) is 19.4. The van der Waals surface area contributed by atoms with Gasteiger partial charge < -0.3 is 10.6 Å². The smallest absolute Gasteiger partial charge is 0.225 e.